The molecule has 40 heavy (non-hydrogen) atoms. The summed E-state index contributed by atoms with van der Waals surface area (Å²) >= 11 is 0. The Morgan fingerprint density at radius 3 is 2.60 bits per heavy atom. The minimum Gasteiger partial charge on any atom is -0.447 e. The molecule has 214 valence electrons. The molecule has 3 atom stereocenters. The lowest BCUT2D eigenvalue weighted by Crippen LogP contribution is -2.42. The molecule has 2 aromatic heterocycles. The van der Waals surface area contributed by atoms with Crippen molar-refractivity contribution in [1.82, 2.24) is 20.0 Å². The average molecular weight is 557 g/mol. The zero-order chi connectivity index (χ0) is 28.4. The van der Waals surface area contributed by atoms with Gasteiger partial charge in [-0.15, -0.1) is 0 Å². The van der Waals surface area contributed by atoms with E-state index in [4.69, 9.17) is 19.7 Å². The molecule has 2 fully saturated rings. The van der Waals surface area contributed by atoms with Crippen LogP contribution in [-0.4, -0.2) is 70.5 Å². The highest BCUT2D eigenvalue weighted by Gasteiger charge is 2.34. The molecule has 0 saturated carbocycles. The summed E-state index contributed by atoms with van der Waals surface area (Å²) in [5.74, 6) is 0.106. The number of likely N-dealkylation sites (tertiary alicyclic amines) is 1. The predicted octanol–water partition coefficient (Wildman–Crippen LogP) is 4.43. The second-order valence-corrected chi connectivity index (χ2v) is 10.6. The van der Waals surface area contributed by atoms with Crippen LogP contribution in [0.2, 0.25) is 0 Å². The standard InChI is InChI=1S/C28H34F2N6O4/c1-16(2)38-28(37)35-10-8-20(9-11-35)39-17(3)27-33-26(34-40-27)18-4-7-25(32-13-18)36-14-22(24(31)15-36)21-12-19(29)5-6-23(21)30/h4-7,12-13,16-17,20,22,24H,8-11,14-15,31H2,1-3H3. The van der Waals surface area contributed by atoms with Crippen molar-refractivity contribution in [2.45, 2.75) is 63.9 Å². The molecular formula is C28H34F2N6O4. The first-order valence-electron chi connectivity index (χ1n) is 13.5. The third kappa shape index (κ3) is 6.23. The number of hydrogen-bond acceptors (Lipinski definition) is 9. The number of halogens is 2. The van der Waals surface area contributed by atoms with Crippen molar-refractivity contribution in [3.63, 3.8) is 0 Å². The maximum absolute atomic E-state index is 14.3. The van der Waals surface area contributed by atoms with Crippen LogP contribution in [-0.2, 0) is 9.47 Å². The van der Waals surface area contributed by atoms with E-state index in [2.05, 4.69) is 15.1 Å². The number of rotatable bonds is 7. The molecule has 12 heteroatoms. The summed E-state index contributed by atoms with van der Waals surface area (Å²) < 4.78 is 44.9. The Morgan fingerprint density at radius 2 is 1.90 bits per heavy atom. The van der Waals surface area contributed by atoms with Gasteiger partial charge in [0.05, 0.1) is 12.2 Å². The van der Waals surface area contributed by atoms with Gasteiger partial charge in [0.2, 0.25) is 5.82 Å². The van der Waals surface area contributed by atoms with E-state index in [1.165, 1.54) is 6.07 Å². The zero-order valence-electron chi connectivity index (χ0n) is 22.8. The molecular weight excluding hydrogens is 522 g/mol. The van der Waals surface area contributed by atoms with Crippen LogP contribution in [0.15, 0.2) is 41.1 Å². The van der Waals surface area contributed by atoms with Gasteiger partial charge in [-0.05, 0) is 69.5 Å². The molecule has 0 bridgehead atoms. The summed E-state index contributed by atoms with van der Waals surface area (Å²) in [6.07, 6.45) is 2.12. The summed E-state index contributed by atoms with van der Waals surface area (Å²) in [6, 6.07) is 6.74. The topological polar surface area (TPSA) is 120 Å². The van der Waals surface area contributed by atoms with Crippen LogP contribution in [0.25, 0.3) is 11.4 Å². The summed E-state index contributed by atoms with van der Waals surface area (Å²) in [4.78, 5) is 24.8. The highest BCUT2D eigenvalue weighted by molar-refractivity contribution is 5.67. The van der Waals surface area contributed by atoms with Gasteiger partial charge in [-0.25, -0.2) is 18.6 Å². The van der Waals surface area contributed by atoms with Gasteiger partial charge in [0.15, 0.2) is 0 Å². The van der Waals surface area contributed by atoms with Crippen molar-refractivity contribution in [1.29, 1.82) is 0 Å². The van der Waals surface area contributed by atoms with Gasteiger partial charge < -0.3 is 29.5 Å². The van der Waals surface area contributed by atoms with E-state index in [9.17, 15) is 13.6 Å². The van der Waals surface area contributed by atoms with E-state index in [1.807, 2.05) is 37.8 Å². The summed E-state index contributed by atoms with van der Waals surface area (Å²) in [7, 11) is 0. The molecule has 0 spiro atoms. The summed E-state index contributed by atoms with van der Waals surface area (Å²) in [5, 5.41) is 4.09. The van der Waals surface area contributed by atoms with Crippen molar-refractivity contribution in [3.8, 4) is 11.4 Å². The van der Waals surface area contributed by atoms with Crippen molar-refractivity contribution in [2.24, 2.45) is 5.73 Å². The van der Waals surface area contributed by atoms with Gasteiger partial charge >= 0.3 is 6.09 Å². The molecule has 3 aromatic rings. The smallest absolute Gasteiger partial charge is 0.410 e. The quantitative estimate of drug-likeness (QED) is 0.451. The molecule has 4 heterocycles. The van der Waals surface area contributed by atoms with Gasteiger partial charge in [0, 0.05) is 49.9 Å². The third-order valence-electron chi connectivity index (χ3n) is 7.28. The number of ether oxygens (including phenoxy) is 2. The normalized spacial score (nSPS) is 20.8. The second-order valence-electron chi connectivity index (χ2n) is 10.6. The molecule has 2 aliphatic heterocycles. The minimum absolute atomic E-state index is 0.0362. The lowest BCUT2D eigenvalue weighted by Gasteiger charge is -2.32. The highest BCUT2D eigenvalue weighted by Crippen LogP contribution is 2.32. The first kappa shape index (κ1) is 27.9. The number of nitrogens with two attached hydrogens (primary N) is 1. The fourth-order valence-corrected chi connectivity index (χ4v) is 5.16. The number of aromatic nitrogens is 3. The number of anilines is 1. The van der Waals surface area contributed by atoms with Gasteiger partial charge in [-0.3, -0.25) is 0 Å². The molecule has 0 aliphatic carbocycles. The Kier molecular flexibility index (Phi) is 8.27. The summed E-state index contributed by atoms with van der Waals surface area (Å²) in [5.41, 5.74) is 7.23. The second kappa shape index (κ2) is 11.8. The molecule has 10 nitrogen and oxygen atoms in total. The van der Waals surface area contributed by atoms with Crippen LogP contribution in [0.5, 0.6) is 0 Å². The van der Waals surface area contributed by atoms with Gasteiger partial charge in [-0.1, -0.05) is 5.16 Å². The number of carbonyl (C=O) groups excluding carboxylic acids is 1. The van der Waals surface area contributed by atoms with E-state index in [0.717, 1.165) is 12.1 Å². The van der Waals surface area contributed by atoms with Gasteiger partial charge in [0.1, 0.15) is 23.6 Å². The van der Waals surface area contributed by atoms with E-state index in [0.29, 0.717) is 62.1 Å². The lowest BCUT2D eigenvalue weighted by molar-refractivity contribution is -0.0475. The Bertz CT molecular complexity index is 1310. The largest absolute Gasteiger partial charge is 0.447 e. The Hall–Kier alpha value is -3.64. The average Bonchev–Trinajstić information content (AvgIpc) is 3.58. The van der Waals surface area contributed by atoms with Crippen LogP contribution in [0.1, 0.15) is 57.1 Å². The fourth-order valence-electron chi connectivity index (χ4n) is 5.16. The van der Waals surface area contributed by atoms with E-state index in [1.54, 1.807) is 11.1 Å². The SMILES string of the molecule is CC(C)OC(=O)N1CCC(OC(C)c2nc(-c3ccc(N4CC(N)C(c5cc(F)ccc5F)C4)nc3)no2)CC1. The Morgan fingerprint density at radius 1 is 1.12 bits per heavy atom. The maximum Gasteiger partial charge on any atom is 0.410 e. The van der Waals surface area contributed by atoms with E-state index in [-0.39, 0.29) is 35.8 Å². The lowest BCUT2D eigenvalue weighted by atomic mass is 9.94. The summed E-state index contributed by atoms with van der Waals surface area (Å²) in [6.45, 7) is 7.53. The molecule has 2 N–H and O–H groups in total. The number of piperidine rings is 1. The zero-order valence-corrected chi connectivity index (χ0v) is 22.8. The fraction of sp³-hybridized carbons (Fsp3) is 0.500. The van der Waals surface area contributed by atoms with Crippen LogP contribution in [0.3, 0.4) is 0 Å². The van der Waals surface area contributed by atoms with Crippen LogP contribution >= 0.6 is 0 Å². The molecule has 1 aromatic carbocycles. The predicted molar refractivity (Wildman–Crippen MR) is 143 cm³/mol. The number of amides is 1. The van der Waals surface area contributed by atoms with Crippen molar-refractivity contribution < 1.29 is 27.6 Å². The van der Waals surface area contributed by atoms with Crippen molar-refractivity contribution in [2.75, 3.05) is 31.1 Å². The Labute approximate surface area is 231 Å². The number of nitrogens with zero attached hydrogens (tertiary/aromatic N) is 5. The van der Waals surface area contributed by atoms with Crippen molar-refractivity contribution >= 4 is 11.9 Å². The van der Waals surface area contributed by atoms with E-state index >= 15 is 0 Å². The molecule has 0 radical (unpaired) electrons. The third-order valence-corrected chi connectivity index (χ3v) is 7.28. The monoisotopic (exact) mass is 556 g/mol. The molecule has 5 rings (SSSR count). The molecule has 1 amide bonds. The van der Waals surface area contributed by atoms with Crippen LogP contribution < -0.4 is 10.6 Å². The number of pyridine rings is 1. The van der Waals surface area contributed by atoms with Gasteiger partial charge in [-0.2, -0.15) is 4.98 Å². The van der Waals surface area contributed by atoms with E-state index < -0.39 is 17.7 Å². The number of carbonyl (C=O) groups is 1. The van der Waals surface area contributed by atoms with Crippen molar-refractivity contribution in [3.05, 3.63) is 59.6 Å². The molecule has 2 aliphatic rings. The Balaban J connectivity index is 1.16. The van der Waals surface area contributed by atoms with Crippen LogP contribution in [0, 0.1) is 11.6 Å². The number of hydrogen-bond donors (Lipinski definition) is 1. The van der Waals surface area contributed by atoms with Crippen LogP contribution in [0.4, 0.5) is 19.4 Å². The minimum atomic E-state index is -0.488. The van der Waals surface area contributed by atoms with Gasteiger partial charge in [0.25, 0.3) is 5.89 Å². The molecule has 2 saturated heterocycles. The maximum atomic E-state index is 14.3. The molecule has 3 unspecified atom stereocenters. The number of benzene rings is 1. The first-order chi connectivity index (χ1) is 19.2. The highest BCUT2D eigenvalue weighted by atomic mass is 19.1. The first-order valence-corrected chi connectivity index (χ1v) is 13.5.